The molecule has 16 heavy (non-hydrogen) atoms. The topological polar surface area (TPSA) is 29.3 Å². The second-order valence-corrected chi connectivity index (χ2v) is 4.09. The SMILES string of the molecule is Cc1cc(N2CCCCC2)ccc1N.Cl.Cl. The molecule has 0 spiro atoms. The van der Waals surface area contributed by atoms with E-state index in [9.17, 15) is 0 Å². The Balaban J connectivity index is 0.00000112. The molecule has 0 aliphatic carbocycles. The van der Waals surface area contributed by atoms with Gasteiger partial charge < -0.3 is 10.6 Å². The molecule has 1 aliphatic heterocycles. The van der Waals surface area contributed by atoms with Crippen LogP contribution in [0.25, 0.3) is 0 Å². The molecule has 2 rings (SSSR count). The predicted octanol–water partition coefficient (Wildman–Crippen LogP) is 3.41. The van der Waals surface area contributed by atoms with Gasteiger partial charge in [-0.3, -0.25) is 0 Å². The molecule has 0 radical (unpaired) electrons. The second-order valence-electron chi connectivity index (χ2n) is 4.09. The monoisotopic (exact) mass is 262 g/mol. The maximum atomic E-state index is 5.80. The van der Waals surface area contributed by atoms with Crippen molar-refractivity contribution >= 4 is 36.2 Å². The third-order valence-electron chi connectivity index (χ3n) is 2.97. The Hall–Kier alpha value is -0.600. The van der Waals surface area contributed by atoms with Gasteiger partial charge in [0, 0.05) is 24.5 Å². The van der Waals surface area contributed by atoms with Crippen molar-refractivity contribution in [1.82, 2.24) is 0 Å². The molecule has 92 valence electrons. The zero-order valence-corrected chi connectivity index (χ0v) is 11.2. The van der Waals surface area contributed by atoms with Crippen molar-refractivity contribution in [3.05, 3.63) is 23.8 Å². The summed E-state index contributed by atoms with van der Waals surface area (Å²) in [5.41, 5.74) is 9.21. The Bertz CT molecular complexity index is 323. The van der Waals surface area contributed by atoms with Gasteiger partial charge in [-0.15, -0.1) is 24.8 Å². The van der Waals surface area contributed by atoms with Crippen molar-refractivity contribution in [3.8, 4) is 0 Å². The van der Waals surface area contributed by atoms with Gasteiger partial charge in [-0.2, -0.15) is 0 Å². The summed E-state index contributed by atoms with van der Waals surface area (Å²) in [6.45, 7) is 4.47. The number of nitrogens with two attached hydrogens (primary N) is 1. The quantitative estimate of drug-likeness (QED) is 0.787. The average molecular weight is 263 g/mol. The van der Waals surface area contributed by atoms with Crippen molar-refractivity contribution in [3.63, 3.8) is 0 Å². The van der Waals surface area contributed by atoms with Gasteiger partial charge in [-0.25, -0.2) is 0 Å². The molecule has 0 amide bonds. The van der Waals surface area contributed by atoms with Crippen molar-refractivity contribution in [2.75, 3.05) is 23.7 Å². The highest BCUT2D eigenvalue weighted by Crippen LogP contribution is 2.23. The summed E-state index contributed by atoms with van der Waals surface area (Å²) in [5, 5.41) is 0. The third-order valence-corrected chi connectivity index (χ3v) is 2.97. The Morgan fingerprint density at radius 2 is 1.69 bits per heavy atom. The largest absolute Gasteiger partial charge is 0.399 e. The zero-order chi connectivity index (χ0) is 9.97. The fourth-order valence-corrected chi connectivity index (χ4v) is 2.01. The normalized spacial score (nSPS) is 14.9. The summed E-state index contributed by atoms with van der Waals surface area (Å²) in [6, 6.07) is 6.34. The minimum atomic E-state index is 0. The number of hydrogen-bond donors (Lipinski definition) is 1. The molecule has 0 aromatic heterocycles. The number of piperidine rings is 1. The fourth-order valence-electron chi connectivity index (χ4n) is 2.01. The first-order chi connectivity index (χ1) is 6.77. The average Bonchev–Trinajstić information content (AvgIpc) is 2.23. The van der Waals surface area contributed by atoms with Gasteiger partial charge in [0.2, 0.25) is 0 Å². The molecule has 1 aromatic rings. The van der Waals surface area contributed by atoms with Gasteiger partial charge in [-0.1, -0.05) is 0 Å². The van der Waals surface area contributed by atoms with Crippen molar-refractivity contribution in [1.29, 1.82) is 0 Å². The number of rotatable bonds is 1. The lowest BCUT2D eigenvalue weighted by molar-refractivity contribution is 0.578. The number of halogens is 2. The molecule has 1 aliphatic rings. The first kappa shape index (κ1) is 15.4. The maximum absolute atomic E-state index is 5.80. The predicted molar refractivity (Wildman–Crippen MR) is 76.2 cm³/mol. The minimum Gasteiger partial charge on any atom is -0.399 e. The minimum absolute atomic E-state index is 0. The van der Waals surface area contributed by atoms with Crippen LogP contribution < -0.4 is 10.6 Å². The highest BCUT2D eigenvalue weighted by molar-refractivity contribution is 5.85. The van der Waals surface area contributed by atoms with Gasteiger partial charge in [0.25, 0.3) is 0 Å². The summed E-state index contributed by atoms with van der Waals surface area (Å²) in [7, 11) is 0. The lowest BCUT2D eigenvalue weighted by atomic mass is 10.1. The van der Waals surface area contributed by atoms with Crippen LogP contribution >= 0.6 is 24.8 Å². The van der Waals surface area contributed by atoms with E-state index in [1.54, 1.807) is 0 Å². The first-order valence-corrected chi connectivity index (χ1v) is 5.38. The summed E-state index contributed by atoms with van der Waals surface area (Å²) in [5.74, 6) is 0. The van der Waals surface area contributed by atoms with Crippen LogP contribution in [-0.4, -0.2) is 13.1 Å². The van der Waals surface area contributed by atoms with E-state index in [1.807, 2.05) is 6.07 Å². The van der Waals surface area contributed by atoms with E-state index < -0.39 is 0 Å². The molecule has 1 aromatic carbocycles. The van der Waals surface area contributed by atoms with Crippen molar-refractivity contribution in [2.24, 2.45) is 0 Å². The van der Waals surface area contributed by atoms with E-state index in [2.05, 4.69) is 24.0 Å². The van der Waals surface area contributed by atoms with Crippen molar-refractivity contribution in [2.45, 2.75) is 26.2 Å². The van der Waals surface area contributed by atoms with E-state index in [-0.39, 0.29) is 24.8 Å². The Labute approximate surface area is 110 Å². The Morgan fingerprint density at radius 1 is 1.06 bits per heavy atom. The molecule has 0 bridgehead atoms. The molecular formula is C12H20Cl2N2. The molecule has 0 saturated carbocycles. The molecule has 4 heteroatoms. The number of hydrogen-bond acceptors (Lipinski definition) is 2. The molecular weight excluding hydrogens is 243 g/mol. The number of anilines is 2. The van der Waals surface area contributed by atoms with E-state index in [0.29, 0.717) is 0 Å². The van der Waals surface area contributed by atoms with Crippen LogP contribution in [0.1, 0.15) is 24.8 Å². The molecule has 2 N–H and O–H groups in total. The van der Waals surface area contributed by atoms with Crippen LogP contribution in [0.15, 0.2) is 18.2 Å². The van der Waals surface area contributed by atoms with E-state index >= 15 is 0 Å². The number of benzene rings is 1. The number of aryl methyl sites for hydroxylation is 1. The van der Waals surface area contributed by atoms with Crippen LogP contribution in [0.2, 0.25) is 0 Å². The lowest BCUT2D eigenvalue weighted by Crippen LogP contribution is -2.29. The van der Waals surface area contributed by atoms with Crippen LogP contribution in [0.5, 0.6) is 0 Å². The zero-order valence-electron chi connectivity index (χ0n) is 9.61. The number of nitrogen functional groups attached to an aromatic ring is 1. The van der Waals surface area contributed by atoms with Crippen LogP contribution in [0.3, 0.4) is 0 Å². The van der Waals surface area contributed by atoms with Crippen molar-refractivity contribution < 1.29 is 0 Å². The molecule has 0 unspecified atom stereocenters. The summed E-state index contributed by atoms with van der Waals surface area (Å²) >= 11 is 0. The van der Waals surface area contributed by atoms with Gasteiger partial charge in [-0.05, 0) is 49.9 Å². The van der Waals surface area contributed by atoms with Crippen LogP contribution in [0.4, 0.5) is 11.4 Å². The van der Waals surface area contributed by atoms with Crippen LogP contribution in [-0.2, 0) is 0 Å². The molecule has 0 atom stereocenters. The third kappa shape index (κ3) is 3.46. The van der Waals surface area contributed by atoms with E-state index in [0.717, 1.165) is 5.69 Å². The Morgan fingerprint density at radius 3 is 2.25 bits per heavy atom. The van der Waals surface area contributed by atoms with E-state index in [1.165, 1.54) is 43.6 Å². The number of nitrogens with zero attached hydrogens (tertiary/aromatic N) is 1. The molecule has 2 nitrogen and oxygen atoms in total. The molecule has 1 saturated heterocycles. The fraction of sp³-hybridized carbons (Fsp3) is 0.500. The Kier molecular flexibility index (Phi) is 6.61. The van der Waals surface area contributed by atoms with E-state index in [4.69, 9.17) is 5.73 Å². The highest BCUT2D eigenvalue weighted by Gasteiger charge is 2.10. The van der Waals surface area contributed by atoms with Gasteiger partial charge in [0.15, 0.2) is 0 Å². The van der Waals surface area contributed by atoms with Gasteiger partial charge in [0.1, 0.15) is 0 Å². The molecule has 1 heterocycles. The van der Waals surface area contributed by atoms with Crippen LogP contribution in [0, 0.1) is 6.92 Å². The standard InChI is InChI=1S/C12H18N2.2ClH/c1-10-9-11(5-6-12(10)13)14-7-3-2-4-8-14;;/h5-6,9H,2-4,7-8,13H2,1H3;2*1H. The smallest absolute Gasteiger partial charge is 0.0370 e. The lowest BCUT2D eigenvalue weighted by Gasteiger charge is -2.29. The first-order valence-electron chi connectivity index (χ1n) is 5.38. The highest BCUT2D eigenvalue weighted by atomic mass is 35.5. The summed E-state index contributed by atoms with van der Waals surface area (Å²) < 4.78 is 0. The maximum Gasteiger partial charge on any atom is 0.0370 e. The summed E-state index contributed by atoms with van der Waals surface area (Å²) in [6.07, 6.45) is 4.03. The van der Waals surface area contributed by atoms with Gasteiger partial charge in [0.05, 0.1) is 0 Å². The molecule has 1 fully saturated rings. The van der Waals surface area contributed by atoms with Gasteiger partial charge >= 0.3 is 0 Å². The second kappa shape index (κ2) is 6.87. The summed E-state index contributed by atoms with van der Waals surface area (Å²) in [4.78, 5) is 2.45.